The summed E-state index contributed by atoms with van der Waals surface area (Å²) in [4.78, 5) is 12.1. The Labute approximate surface area is 169 Å². The largest absolute Gasteiger partial charge is 0.504 e. The molecular formula is C19H20O11. The molecule has 2 aromatic rings. The molecule has 0 spiro atoms. The molecule has 0 bridgehead atoms. The Balaban J connectivity index is 1.70. The third kappa shape index (κ3) is 4.40. The summed E-state index contributed by atoms with van der Waals surface area (Å²) in [6.45, 7) is -0.640. The van der Waals surface area contributed by atoms with E-state index in [9.17, 15) is 40.5 Å². The van der Waals surface area contributed by atoms with Gasteiger partial charge in [0, 0.05) is 6.07 Å². The quantitative estimate of drug-likeness (QED) is 0.181. The fourth-order valence-electron chi connectivity index (χ4n) is 2.77. The van der Waals surface area contributed by atoms with Gasteiger partial charge in [0.25, 0.3) is 0 Å². The first kappa shape index (κ1) is 21.6. The van der Waals surface area contributed by atoms with Crippen LogP contribution in [0, 0.1) is 0 Å². The van der Waals surface area contributed by atoms with E-state index in [1.165, 1.54) is 18.2 Å². The number of phenols is 3. The smallest absolute Gasteiger partial charge is 0.343 e. The lowest BCUT2D eigenvalue weighted by Crippen LogP contribution is -2.60. The second-order valence-corrected chi connectivity index (χ2v) is 6.54. The van der Waals surface area contributed by atoms with E-state index in [2.05, 4.69) is 0 Å². The van der Waals surface area contributed by atoms with Crippen molar-refractivity contribution < 1.29 is 54.8 Å². The van der Waals surface area contributed by atoms with Crippen LogP contribution < -0.4 is 9.47 Å². The van der Waals surface area contributed by atoms with Crippen LogP contribution in [0.15, 0.2) is 36.4 Å². The molecule has 7 N–H and O–H groups in total. The number of phenolic OH excluding ortho intramolecular Hbond substituents is 3. The molecule has 0 aliphatic carbocycles. The predicted octanol–water partition coefficient (Wildman–Crippen LogP) is -0.799. The molecule has 5 unspecified atom stereocenters. The van der Waals surface area contributed by atoms with Gasteiger partial charge in [-0.15, -0.1) is 0 Å². The summed E-state index contributed by atoms with van der Waals surface area (Å²) in [5.41, 5.74) is -0.0496. The van der Waals surface area contributed by atoms with Crippen LogP contribution in [0.3, 0.4) is 0 Å². The highest BCUT2D eigenvalue weighted by Crippen LogP contribution is 2.34. The number of ether oxygens (including phenoxy) is 3. The lowest BCUT2D eigenvalue weighted by atomic mass is 9.99. The van der Waals surface area contributed by atoms with Crippen molar-refractivity contribution in [1.29, 1.82) is 0 Å². The topological polar surface area (TPSA) is 186 Å². The van der Waals surface area contributed by atoms with Gasteiger partial charge in [0.15, 0.2) is 23.0 Å². The molecule has 5 atom stereocenters. The fraction of sp³-hybridized carbons (Fsp3) is 0.316. The third-order valence-electron chi connectivity index (χ3n) is 4.44. The van der Waals surface area contributed by atoms with Crippen LogP contribution in [0.25, 0.3) is 0 Å². The van der Waals surface area contributed by atoms with Gasteiger partial charge in [-0.25, -0.2) is 4.79 Å². The maximum atomic E-state index is 12.1. The maximum Gasteiger partial charge on any atom is 0.343 e. The van der Waals surface area contributed by atoms with E-state index >= 15 is 0 Å². The van der Waals surface area contributed by atoms with E-state index in [4.69, 9.17) is 14.2 Å². The van der Waals surface area contributed by atoms with Gasteiger partial charge in [-0.05, 0) is 30.3 Å². The molecule has 1 fully saturated rings. The highest BCUT2D eigenvalue weighted by molar-refractivity contribution is 5.91. The van der Waals surface area contributed by atoms with Crippen LogP contribution in [-0.4, -0.2) is 79.0 Å². The van der Waals surface area contributed by atoms with E-state index < -0.39 is 60.5 Å². The van der Waals surface area contributed by atoms with E-state index in [-0.39, 0.29) is 17.1 Å². The standard InChI is InChI=1S/C19H20O11/c20-7-14-15(24)16(25)17(26)19(30-14)29-13-4-2-9(6-12(13)23)28-18(27)8-1-3-10(21)11(22)5-8/h1-6,14-17,19-26H,7H2. The lowest BCUT2D eigenvalue weighted by Gasteiger charge is -2.39. The van der Waals surface area contributed by atoms with Crippen molar-refractivity contribution in [2.24, 2.45) is 0 Å². The zero-order valence-corrected chi connectivity index (χ0v) is 15.3. The summed E-state index contributed by atoms with van der Waals surface area (Å²) in [7, 11) is 0. The Bertz CT molecular complexity index is 913. The van der Waals surface area contributed by atoms with Crippen molar-refractivity contribution in [2.75, 3.05) is 6.61 Å². The number of aromatic hydroxyl groups is 3. The predicted molar refractivity (Wildman–Crippen MR) is 97.2 cm³/mol. The Morgan fingerprint density at radius 1 is 0.900 bits per heavy atom. The average Bonchev–Trinajstić information content (AvgIpc) is 2.72. The summed E-state index contributed by atoms with van der Waals surface area (Å²) >= 11 is 0. The Morgan fingerprint density at radius 2 is 1.63 bits per heavy atom. The second-order valence-electron chi connectivity index (χ2n) is 6.54. The van der Waals surface area contributed by atoms with Crippen LogP contribution in [-0.2, 0) is 4.74 Å². The minimum atomic E-state index is -1.66. The van der Waals surface area contributed by atoms with E-state index in [0.717, 1.165) is 18.2 Å². The van der Waals surface area contributed by atoms with Gasteiger partial charge in [0.05, 0.1) is 12.2 Å². The molecule has 0 aromatic heterocycles. The van der Waals surface area contributed by atoms with Gasteiger partial charge in [0.2, 0.25) is 6.29 Å². The van der Waals surface area contributed by atoms with E-state index in [1.807, 2.05) is 0 Å². The lowest BCUT2D eigenvalue weighted by molar-refractivity contribution is -0.277. The number of hydrogen-bond acceptors (Lipinski definition) is 11. The number of rotatable bonds is 5. The minimum Gasteiger partial charge on any atom is -0.504 e. The summed E-state index contributed by atoms with van der Waals surface area (Å²) in [6, 6.07) is 6.85. The van der Waals surface area contributed by atoms with Crippen molar-refractivity contribution in [1.82, 2.24) is 0 Å². The van der Waals surface area contributed by atoms with Crippen LogP contribution in [0.1, 0.15) is 10.4 Å². The highest BCUT2D eigenvalue weighted by atomic mass is 16.7. The maximum absolute atomic E-state index is 12.1. The van der Waals surface area contributed by atoms with Crippen molar-refractivity contribution >= 4 is 5.97 Å². The van der Waals surface area contributed by atoms with E-state index in [1.54, 1.807) is 0 Å². The van der Waals surface area contributed by atoms with Crippen molar-refractivity contribution in [3.63, 3.8) is 0 Å². The number of carbonyl (C=O) groups is 1. The van der Waals surface area contributed by atoms with Crippen molar-refractivity contribution in [2.45, 2.75) is 30.7 Å². The minimum absolute atomic E-state index is 0.0496. The molecule has 1 aliphatic rings. The monoisotopic (exact) mass is 424 g/mol. The molecule has 162 valence electrons. The fourth-order valence-corrected chi connectivity index (χ4v) is 2.77. The van der Waals surface area contributed by atoms with Gasteiger partial charge < -0.3 is 50.0 Å². The Hall–Kier alpha value is -3.09. The number of aliphatic hydroxyl groups is 4. The zero-order valence-electron chi connectivity index (χ0n) is 15.3. The Morgan fingerprint density at radius 3 is 2.27 bits per heavy atom. The SMILES string of the molecule is O=C(Oc1ccc(OC2OC(CO)C(O)C(O)C2O)c(O)c1)c1ccc(O)c(O)c1. The molecule has 0 amide bonds. The molecule has 0 radical (unpaired) electrons. The summed E-state index contributed by atoms with van der Waals surface area (Å²) in [5, 5.41) is 67.6. The van der Waals surface area contributed by atoms with E-state index in [0.29, 0.717) is 0 Å². The van der Waals surface area contributed by atoms with Crippen molar-refractivity contribution in [3.8, 4) is 28.7 Å². The molecule has 11 nitrogen and oxygen atoms in total. The molecule has 3 rings (SSSR count). The first-order chi connectivity index (χ1) is 14.2. The van der Waals surface area contributed by atoms with Gasteiger partial charge in [-0.2, -0.15) is 0 Å². The first-order valence-electron chi connectivity index (χ1n) is 8.75. The first-order valence-corrected chi connectivity index (χ1v) is 8.75. The normalized spacial score (nSPS) is 26.2. The molecule has 1 aliphatic heterocycles. The van der Waals surface area contributed by atoms with Crippen LogP contribution >= 0.6 is 0 Å². The molecule has 1 saturated heterocycles. The van der Waals surface area contributed by atoms with Gasteiger partial charge in [0.1, 0.15) is 30.2 Å². The Kier molecular flexibility index (Phi) is 6.29. The van der Waals surface area contributed by atoms with Crippen LogP contribution in [0.5, 0.6) is 28.7 Å². The number of benzene rings is 2. The zero-order chi connectivity index (χ0) is 22.0. The number of hydrogen-bond donors (Lipinski definition) is 7. The van der Waals surface area contributed by atoms with Crippen molar-refractivity contribution in [3.05, 3.63) is 42.0 Å². The number of esters is 1. The molecule has 1 heterocycles. The summed E-state index contributed by atoms with van der Waals surface area (Å²) in [6.07, 6.45) is -7.55. The summed E-state index contributed by atoms with van der Waals surface area (Å²) in [5.74, 6) is -2.54. The van der Waals surface area contributed by atoms with Gasteiger partial charge in [-0.1, -0.05) is 0 Å². The molecule has 2 aromatic carbocycles. The third-order valence-corrected chi connectivity index (χ3v) is 4.44. The second kappa shape index (κ2) is 8.73. The molecule has 11 heteroatoms. The van der Waals surface area contributed by atoms with Crippen LogP contribution in [0.4, 0.5) is 0 Å². The molecule has 30 heavy (non-hydrogen) atoms. The number of carbonyl (C=O) groups excluding carboxylic acids is 1. The highest BCUT2D eigenvalue weighted by Gasteiger charge is 2.44. The number of aliphatic hydroxyl groups excluding tert-OH is 4. The van der Waals surface area contributed by atoms with Gasteiger partial charge in [-0.3, -0.25) is 0 Å². The van der Waals surface area contributed by atoms with Gasteiger partial charge >= 0.3 is 5.97 Å². The van der Waals surface area contributed by atoms with Crippen LogP contribution in [0.2, 0.25) is 0 Å². The average molecular weight is 424 g/mol. The summed E-state index contributed by atoms with van der Waals surface area (Å²) < 4.78 is 15.6. The molecule has 0 saturated carbocycles. The molecular weight excluding hydrogens is 404 g/mol.